The van der Waals surface area contributed by atoms with Crippen LogP contribution in [0.2, 0.25) is 0 Å². The lowest BCUT2D eigenvalue weighted by Gasteiger charge is -2.28. The number of amides is 1. The molecule has 0 atom stereocenters. The average Bonchev–Trinajstić information content (AvgIpc) is 2.66. The van der Waals surface area contributed by atoms with Gasteiger partial charge in [-0.2, -0.15) is 0 Å². The second-order valence-electron chi connectivity index (χ2n) is 9.91. The largest absolute Gasteiger partial charge is 0.508 e. The molecule has 0 aliphatic carbocycles. The number of aromatic hydroxyl groups is 1. The van der Waals surface area contributed by atoms with Gasteiger partial charge in [0.1, 0.15) is 11.3 Å². The van der Waals surface area contributed by atoms with E-state index in [0.29, 0.717) is 5.69 Å². The van der Waals surface area contributed by atoms with Crippen LogP contribution >= 0.6 is 0 Å². The Morgan fingerprint density at radius 1 is 0.938 bits per heavy atom. The Labute approximate surface area is 186 Å². The predicted molar refractivity (Wildman–Crippen MR) is 125 cm³/mol. The minimum Gasteiger partial charge on any atom is -0.508 e. The minimum atomic E-state index is -1.41. The number of hydrogen-bond donors (Lipinski definition) is 3. The summed E-state index contributed by atoms with van der Waals surface area (Å²) in [6.45, 7) is 12.0. The number of aromatic nitrogens is 1. The van der Waals surface area contributed by atoms with Gasteiger partial charge >= 0.3 is 12.0 Å². The topological polar surface area (TPSA) is 109 Å². The zero-order chi connectivity index (χ0) is 24.0. The third-order valence-corrected chi connectivity index (χ3v) is 5.35. The summed E-state index contributed by atoms with van der Waals surface area (Å²) in [6, 6.07) is 9.09. The fourth-order valence-corrected chi connectivity index (χ4v) is 3.69. The first kappa shape index (κ1) is 23.1. The van der Waals surface area contributed by atoms with Crippen LogP contribution in [0.15, 0.2) is 47.4 Å². The molecule has 2 aromatic carbocycles. The molecule has 0 spiro atoms. The van der Waals surface area contributed by atoms with Gasteiger partial charge in [-0.1, -0.05) is 53.7 Å². The van der Waals surface area contributed by atoms with Crippen molar-refractivity contribution in [2.24, 2.45) is 0 Å². The molecule has 1 aromatic heterocycles. The van der Waals surface area contributed by atoms with Gasteiger partial charge in [-0.25, -0.2) is 9.59 Å². The lowest BCUT2D eigenvalue weighted by molar-refractivity contribution is 0.0695. The lowest BCUT2D eigenvalue weighted by Crippen LogP contribution is -2.27. The van der Waals surface area contributed by atoms with Crippen molar-refractivity contribution in [1.82, 2.24) is 4.57 Å². The monoisotopic (exact) mass is 436 g/mol. The minimum absolute atomic E-state index is 0.0526. The molecule has 168 valence electrons. The summed E-state index contributed by atoms with van der Waals surface area (Å²) < 4.78 is 1.11. The van der Waals surface area contributed by atoms with E-state index in [2.05, 4.69) is 5.32 Å². The number of rotatable bonds is 2. The lowest BCUT2D eigenvalue weighted by atomic mass is 9.79. The number of phenols is 1. The average molecular weight is 437 g/mol. The highest BCUT2D eigenvalue weighted by molar-refractivity contribution is 6.01. The van der Waals surface area contributed by atoms with Gasteiger partial charge in [-0.15, -0.1) is 0 Å². The molecule has 0 fully saturated rings. The first-order valence-electron chi connectivity index (χ1n) is 10.3. The molecule has 3 aromatic rings. The van der Waals surface area contributed by atoms with Crippen LogP contribution in [-0.2, 0) is 10.8 Å². The first-order valence-corrected chi connectivity index (χ1v) is 10.3. The summed E-state index contributed by atoms with van der Waals surface area (Å²) in [7, 11) is 0. The van der Waals surface area contributed by atoms with Gasteiger partial charge in [0.25, 0.3) is 0 Å². The summed E-state index contributed by atoms with van der Waals surface area (Å²) in [4.78, 5) is 37.3. The van der Waals surface area contributed by atoms with E-state index < -0.39 is 23.0 Å². The van der Waals surface area contributed by atoms with Crippen LogP contribution < -0.4 is 10.7 Å². The van der Waals surface area contributed by atoms with Crippen LogP contribution in [0.5, 0.6) is 5.75 Å². The number of aromatic carboxylic acids is 1. The van der Waals surface area contributed by atoms with E-state index in [1.54, 1.807) is 18.2 Å². The Balaban J connectivity index is 2.19. The van der Waals surface area contributed by atoms with Crippen molar-refractivity contribution in [3.63, 3.8) is 0 Å². The van der Waals surface area contributed by atoms with Gasteiger partial charge in [0.05, 0.1) is 5.52 Å². The number of para-hydroxylation sites is 1. The van der Waals surface area contributed by atoms with Gasteiger partial charge in [-0.3, -0.25) is 9.36 Å². The van der Waals surface area contributed by atoms with Crippen molar-refractivity contribution in [1.29, 1.82) is 0 Å². The summed E-state index contributed by atoms with van der Waals surface area (Å²) in [5.41, 5.74) is 0.451. The third-order valence-electron chi connectivity index (χ3n) is 5.35. The number of carboxylic acids is 1. The highest BCUT2D eigenvalue weighted by atomic mass is 16.4. The number of benzene rings is 2. The highest BCUT2D eigenvalue weighted by Gasteiger charge is 2.27. The van der Waals surface area contributed by atoms with E-state index in [9.17, 15) is 24.6 Å². The SMILES string of the molecule is CC(C)(C)c1cc(C(C)(C)C)c(NC(=O)n2cc(C(=O)O)c(=O)c3ccccc32)cc1O. The second-order valence-corrected chi connectivity index (χ2v) is 9.91. The van der Waals surface area contributed by atoms with Crippen molar-refractivity contribution in [2.75, 3.05) is 5.32 Å². The van der Waals surface area contributed by atoms with Gasteiger partial charge in [0, 0.05) is 23.3 Å². The zero-order valence-electron chi connectivity index (χ0n) is 19.1. The molecule has 0 aliphatic heterocycles. The second kappa shape index (κ2) is 7.82. The predicted octanol–water partition coefficient (Wildman–Crippen LogP) is 5.08. The van der Waals surface area contributed by atoms with E-state index in [1.165, 1.54) is 12.1 Å². The molecule has 32 heavy (non-hydrogen) atoms. The zero-order valence-corrected chi connectivity index (χ0v) is 19.1. The molecule has 3 rings (SSSR count). The van der Waals surface area contributed by atoms with Crippen molar-refractivity contribution >= 4 is 28.6 Å². The molecule has 3 N–H and O–H groups in total. The molecular weight excluding hydrogens is 408 g/mol. The Bertz CT molecular complexity index is 1290. The molecule has 0 bridgehead atoms. The molecular formula is C25H28N2O5. The number of phenolic OH excluding ortho intramolecular Hbond substituents is 1. The van der Waals surface area contributed by atoms with Crippen LogP contribution in [0.1, 0.15) is 63.0 Å². The summed E-state index contributed by atoms with van der Waals surface area (Å²) in [6.07, 6.45) is 1.03. The first-order chi connectivity index (χ1) is 14.7. The molecule has 7 nitrogen and oxygen atoms in total. The van der Waals surface area contributed by atoms with Gasteiger partial charge in [0.15, 0.2) is 0 Å². The maximum atomic E-state index is 13.3. The van der Waals surface area contributed by atoms with Crippen molar-refractivity contribution in [3.8, 4) is 5.75 Å². The van der Waals surface area contributed by atoms with Gasteiger partial charge in [-0.05, 0) is 40.2 Å². The maximum Gasteiger partial charge on any atom is 0.341 e. The van der Waals surface area contributed by atoms with Crippen molar-refractivity contribution < 1.29 is 19.8 Å². The van der Waals surface area contributed by atoms with E-state index in [4.69, 9.17) is 0 Å². The van der Waals surface area contributed by atoms with Crippen LogP contribution in [0, 0.1) is 0 Å². The highest BCUT2D eigenvalue weighted by Crippen LogP contribution is 2.39. The van der Waals surface area contributed by atoms with Gasteiger partial charge < -0.3 is 15.5 Å². The Morgan fingerprint density at radius 3 is 2.09 bits per heavy atom. The number of carbonyl (C=O) groups excluding carboxylic acids is 1. The van der Waals surface area contributed by atoms with E-state index in [1.807, 2.05) is 47.6 Å². The molecule has 0 saturated carbocycles. The van der Waals surface area contributed by atoms with Crippen LogP contribution in [0.4, 0.5) is 10.5 Å². The molecule has 0 saturated heterocycles. The number of anilines is 1. The van der Waals surface area contributed by atoms with E-state index in [0.717, 1.165) is 21.9 Å². The third kappa shape index (κ3) is 4.23. The molecule has 7 heteroatoms. The quantitative estimate of drug-likeness (QED) is 0.519. The fourth-order valence-electron chi connectivity index (χ4n) is 3.69. The molecule has 0 unspecified atom stereocenters. The summed E-state index contributed by atoms with van der Waals surface area (Å²) in [5, 5.41) is 23.0. The summed E-state index contributed by atoms with van der Waals surface area (Å²) in [5.74, 6) is -1.36. The molecule has 1 heterocycles. The number of fused-ring (bicyclic) bond motifs is 1. The Kier molecular flexibility index (Phi) is 5.64. The molecule has 1 amide bonds. The van der Waals surface area contributed by atoms with Crippen LogP contribution in [-0.4, -0.2) is 26.8 Å². The number of pyridine rings is 1. The number of nitrogens with zero attached hydrogens (tertiary/aromatic N) is 1. The van der Waals surface area contributed by atoms with Crippen LogP contribution in [0.3, 0.4) is 0 Å². The van der Waals surface area contributed by atoms with Crippen molar-refractivity contribution in [2.45, 2.75) is 52.4 Å². The number of nitrogens with one attached hydrogen (secondary N) is 1. The maximum absolute atomic E-state index is 13.3. The Morgan fingerprint density at radius 2 is 1.53 bits per heavy atom. The molecule has 0 radical (unpaired) electrons. The molecule has 0 aliphatic rings. The normalized spacial score (nSPS) is 12.1. The fraction of sp³-hybridized carbons (Fsp3) is 0.320. The van der Waals surface area contributed by atoms with Crippen LogP contribution in [0.25, 0.3) is 10.9 Å². The number of hydrogen-bond acceptors (Lipinski definition) is 4. The van der Waals surface area contributed by atoms with Crippen molar-refractivity contribution in [3.05, 3.63) is 69.5 Å². The number of carboxylic acid groups (broad SMARTS) is 1. The Hall–Kier alpha value is -3.61. The van der Waals surface area contributed by atoms with E-state index in [-0.39, 0.29) is 27.5 Å². The van der Waals surface area contributed by atoms with Gasteiger partial charge in [0.2, 0.25) is 5.43 Å². The van der Waals surface area contributed by atoms with E-state index >= 15 is 0 Å². The smallest absolute Gasteiger partial charge is 0.341 e. The summed E-state index contributed by atoms with van der Waals surface area (Å²) >= 11 is 0. The standard InChI is InChI=1S/C25H28N2O5/c1-24(2,3)16-11-17(25(4,5)6)20(28)12-18(16)26-23(32)27-13-15(22(30)31)21(29)14-9-7-8-10-19(14)27/h7-13,28H,1-6H3,(H,26,32)(H,30,31). The number of carbonyl (C=O) groups is 2.